The van der Waals surface area contributed by atoms with Crippen molar-refractivity contribution in [2.24, 2.45) is 23.2 Å². The number of nitrogens with zero attached hydrogens (tertiary/aromatic N) is 3. The Morgan fingerprint density at radius 1 is 1.03 bits per heavy atom. The summed E-state index contributed by atoms with van der Waals surface area (Å²) in [7, 11) is 0. The molecule has 4 bridgehead atoms. The van der Waals surface area contributed by atoms with Gasteiger partial charge in [0, 0.05) is 31.7 Å². The van der Waals surface area contributed by atoms with Gasteiger partial charge in [-0.15, -0.1) is 0 Å². The first-order valence-electron chi connectivity index (χ1n) is 12.9. The molecule has 4 saturated carbocycles. The number of aliphatic hydroxyl groups excluding tert-OH is 1. The van der Waals surface area contributed by atoms with Crippen LogP contribution in [0.1, 0.15) is 60.9 Å². The summed E-state index contributed by atoms with van der Waals surface area (Å²) in [6.07, 6.45) is 5.26. The molecule has 1 aliphatic heterocycles. The standard InChI is InChI=1S/C27H33F3N4O/c28-27(29,30)21-3-1-17(2-4-21)14-34-6-5-22-23(15-34)32-16-33-25(22)31-13-24(35)26-10-18-7-19(11-26)9-20(8-18)12-26/h1-4,16,18-20,24,35H,5-15H2,(H,31,32,33). The first-order valence-corrected chi connectivity index (χ1v) is 12.9. The first kappa shape index (κ1) is 23.2. The normalized spacial score (nSPS) is 30.8. The molecule has 0 spiro atoms. The largest absolute Gasteiger partial charge is 0.416 e. The number of nitrogens with one attached hydrogen (secondary N) is 1. The maximum Gasteiger partial charge on any atom is 0.416 e. The molecule has 8 heteroatoms. The van der Waals surface area contributed by atoms with Crippen LogP contribution in [0.3, 0.4) is 0 Å². The minimum atomic E-state index is -4.31. The van der Waals surface area contributed by atoms with Gasteiger partial charge in [-0.2, -0.15) is 13.2 Å². The van der Waals surface area contributed by atoms with Crippen LogP contribution in [0.2, 0.25) is 0 Å². The Morgan fingerprint density at radius 2 is 1.69 bits per heavy atom. The van der Waals surface area contributed by atoms with E-state index in [-0.39, 0.29) is 11.5 Å². The third-order valence-corrected chi connectivity index (χ3v) is 9.03. The van der Waals surface area contributed by atoms with E-state index >= 15 is 0 Å². The van der Waals surface area contributed by atoms with Gasteiger partial charge in [0.15, 0.2) is 0 Å². The molecule has 7 rings (SSSR count). The Balaban J connectivity index is 1.09. The molecule has 4 aliphatic carbocycles. The highest BCUT2D eigenvalue weighted by Crippen LogP contribution is 2.61. The Kier molecular flexibility index (Phi) is 5.79. The smallest absolute Gasteiger partial charge is 0.391 e. The summed E-state index contributed by atoms with van der Waals surface area (Å²) >= 11 is 0. The molecule has 0 amide bonds. The summed E-state index contributed by atoms with van der Waals surface area (Å²) in [5.74, 6) is 3.23. The van der Waals surface area contributed by atoms with Gasteiger partial charge in [-0.3, -0.25) is 4.90 Å². The van der Waals surface area contributed by atoms with Crippen molar-refractivity contribution in [3.8, 4) is 0 Å². The Hall–Kier alpha value is -2.19. The lowest BCUT2D eigenvalue weighted by Crippen LogP contribution is -2.53. The summed E-state index contributed by atoms with van der Waals surface area (Å²) in [6.45, 7) is 2.51. The van der Waals surface area contributed by atoms with E-state index in [1.54, 1.807) is 18.5 Å². The lowest BCUT2D eigenvalue weighted by Gasteiger charge is -2.58. The first-order chi connectivity index (χ1) is 16.8. The van der Waals surface area contributed by atoms with Crippen LogP contribution in [0.4, 0.5) is 19.0 Å². The van der Waals surface area contributed by atoms with E-state index in [9.17, 15) is 18.3 Å². The van der Waals surface area contributed by atoms with Crippen LogP contribution in [0, 0.1) is 23.2 Å². The van der Waals surface area contributed by atoms with Gasteiger partial charge in [0.25, 0.3) is 0 Å². The number of hydrogen-bond acceptors (Lipinski definition) is 5. The lowest BCUT2D eigenvalue weighted by atomic mass is 9.48. The molecule has 5 nitrogen and oxygen atoms in total. The number of hydrogen-bond donors (Lipinski definition) is 2. The molecule has 2 heterocycles. The van der Waals surface area contributed by atoms with E-state index in [4.69, 9.17) is 0 Å². The molecule has 1 unspecified atom stereocenters. The molecule has 0 saturated heterocycles. The van der Waals surface area contributed by atoms with Gasteiger partial charge >= 0.3 is 6.18 Å². The average Bonchev–Trinajstić information content (AvgIpc) is 2.81. The fourth-order valence-electron chi connectivity index (χ4n) is 7.75. The van der Waals surface area contributed by atoms with Gasteiger partial charge in [0.05, 0.1) is 17.4 Å². The minimum absolute atomic E-state index is 0.0767. The van der Waals surface area contributed by atoms with Crippen molar-refractivity contribution in [3.63, 3.8) is 0 Å². The average molecular weight is 487 g/mol. The molecule has 1 aromatic carbocycles. The Morgan fingerprint density at radius 3 is 2.31 bits per heavy atom. The van der Waals surface area contributed by atoms with Crippen LogP contribution in [-0.2, 0) is 25.7 Å². The fraction of sp³-hybridized carbons (Fsp3) is 0.630. The molecule has 5 aliphatic rings. The second kappa shape index (κ2) is 8.73. The van der Waals surface area contributed by atoms with Crippen LogP contribution in [0.15, 0.2) is 30.6 Å². The predicted octanol–water partition coefficient (Wildman–Crippen LogP) is 5.04. The molecule has 35 heavy (non-hydrogen) atoms. The van der Waals surface area contributed by atoms with Gasteiger partial charge in [0.1, 0.15) is 12.1 Å². The van der Waals surface area contributed by atoms with Gasteiger partial charge in [-0.1, -0.05) is 12.1 Å². The summed E-state index contributed by atoms with van der Waals surface area (Å²) < 4.78 is 38.5. The number of rotatable bonds is 6. The number of anilines is 1. The summed E-state index contributed by atoms with van der Waals surface area (Å²) in [4.78, 5) is 11.2. The topological polar surface area (TPSA) is 61.3 Å². The zero-order chi connectivity index (χ0) is 24.2. The van der Waals surface area contributed by atoms with Gasteiger partial charge in [0.2, 0.25) is 0 Å². The van der Waals surface area contributed by atoms with Crippen LogP contribution >= 0.6 is 0 Å². The number of aliphatic hydroxyl groups is 1. The van der Waals surface area contributed by atoms with E-state index in [1.165, 1.54) is 38.5 Å². The third kappa shape index (κ3) is 4.55. The van der Waals surface area contributed by atoms with Crippen molar-refractivity contribution < 1.29 is 18.3 Å². The molecule has 2 N–H and O–H groups in total. The van der Waals surface area contributed by atoms with Gasteiger partial charge in [-0.25, -0.2) is 9.97 Å². The third-order valence-electron chi connectivity index (χ3n) is 9.03. The van der Waals surface area contributed by atoms with Crippen LogP contribution in [0.25, 0.3) is 0 Å². The van der Waals surface area contributed by atoms with Crippen LogP contribution in [-0.4, -0.2) is 39.2 Å². The SMILES string of the molecule is OC(CNc1ncnc2c1CCN(Cc1ccc(C(F)(F)F)cc1)C2)C12CC3CC(CC(C3)C1)C2. The molecule has 1 aromatic heterocycles. The maximum atomic E-state index is 12.8. The molecular weight excluding hydrogens is 453 g/mol. The number of halogens is 3. The van der Waals surface area contributed by atoms with E-state index in [2.05, 4.69) is 20.2 Å². The Labute approximate surface area is 204 Å². The minimum Gasteiger partial charge on any atom is -0.391 e. The molecule has 4 fully saturated rings. The second-order valence-electron chi connectivity index (χ2n) is 11.5. The van der Waals surface area contributed by atoms with Gasteiger partial charge in [-0.05, 0) is 85.8 Å². The molecular formula is C27H33F3N4O. The second-order valence-corrected chi connectivity index (χ2v) is 11.5. The highest BCUT2D eigenvalue weighted by molar-refractivity contribution is 5.47. The van der Waals surface area contributed by atoms with E-state index in [0.29, 0.717) is 19.6 Å². The van der Waals surface area contributed by atoms with Crippen molar-refractivity contribution in [1.82, 2.24) is 14.9 Å². The number of alkyl halides is 3. The van der Waals surface area contributed by atoms with Crippen molar-refractivity contribution in [1.29, 1.82) is 0 Å². The summed E-state index contributed by atoms with van der Waals surface area (Å²) in [6, 6.07) is 5.40. The predicted molar refractivity (Wildman–Crippen MR) is 126 cm³/mol. The highest BCUT2D eigenvalue weighted by atomic mass is 19.4. The summed E-state index contributed by atoms with van der Waals surface area (Å²) in [5.41, 5.74) is 2.35. The highest BCUT2D eigenvalue weighted by Gasteiger charge is 2.53. The fourth-order valence-corrected chi connectivity index (χ4v) is 7.75. The maximum absolute atomic E-state index is 12.8. The van der Waals surface area contributed by atoms with E-state index in [1.807, 2.05) is 0 Å². The van der Waals surface area contributed by atoms with Crippen molar-refractivity contribution in [3.05, 3.63) is 53.0 Å². The molecule has 2 aromatic rings. The van der Waals surface area contributed by atoms with E-state index < -0.39 is 11.7 Å². The van der Waals surface area contributed by atoms with Gasteiger partial charge < -0.3 is 10.4 Å². The molecule has 188 valence electrons. The monoisotopic (exact) mass is 486 g/mol. The molecule has 0 radical (unpaired) electrons. The van der Waals surface area contributed by atoms with Crippen molar-refractivity contribution in [2.45, 2.75) is 70.3 Å². The number of aromatic nitrogens is 2. The van der Waals surface area contributed by atoms with E-state index in [0.717, 1.165) is 65.5 Å². The lowest BCUT2D eigenvalue weighted by molar-refractivity contribution is -0.137. The van der Waals surface area contributed by atoms with Crippen LogP contribution < -0.4 is 5.32 Å². The Bertz CT molecular complexity index is 1040. The zero-order valence-electron chi connectivity index (χ0n) is 19.9. The number of benzene rings is 1. The molecule has 1 atom stereocenters. The summed E-state index contributed by atoms with van der Waals surface area (Å²) in [5, 5.41) is 14.7. The number of fused-ring (bicyclic) bond motifs is 1. The van der Waals surface area contributed by atoms with Crippen LogP contribution in [0.5, 0.6) is 0 Å². The quantitative estimate of drug-likeness (QED) is 0.599. The van der Waals surface area contributed by atoms with Crippen molar-refractivity contribution >= 4 is 5.82 Å². The zero-order valence-corrected chi connectivity index (χ0v) is 19.9. The van der Waals surface area contributed by atoms with Crippen molar-refractivity contribution in [2.75, 3.05) is 18.4 Å².